The fraction of sp³-hybridized carbons (Fsp3) is 0.588. The van der Waals surface area contributed by atoms with Crippen molar-refractivity contribution >= 4 is 5.97 Å². The van der Waals surface area contributed by atoms with Crippen molar-refractivity contribution in [1.82, 2.24) is 4.90 Å². The van der Waals surface area contributed by atoms with Gasteiger partial charge in [-0.2, -0.15) is 0 Å². The summed E-state index contributed by atoms with van der Waals surface area (Å²) in [7, 11) is 0. The quantitative estimate of drug-likeness (QED) is 0.518. The number of carbonyl (C=O) groups is 1. The highest BCUT2D eigenvalue weighted by Crippen LogP contribution is 2.21. The molecule has 1 aromatic carbocycles. The molecule has 4 heteroatoms. The van der Waals surface area contributed by atoms with Gasteiger partial charge in [0.2, 0.25) is 0 Å². The number of nitrogens with zero attached hydrogens (tertiary/aromatic N) is 1. The molecule has 0 radical (unpaired) electrons. The number of hydrogen-bond acceptors (Lipinski definition) is 4. The fourth-order valence-electron chi connectivity index (χ4n) is 2.23. The summed E-state index contributed by atoms with van der Waals surface area (Å²) in [5, 5.41) is 0. The summed E-state index contributed by atoms with van der Waals surface area (Å²) >= 11 is 0. The van der Waals surface area contributed by atoms with E-state index in [1.54, 1.807) is 0 Å². The summed E-state index contributed by atoms with van der Waals surface area (Å²) in [5.74, 6) is -0.211. The van der Waals surface area contributed by atoms with E-state index < -0.39 is 0 Å². The number of rotatable bonds is 9. The van der Waals surface area contributed by atoms with E-state index in [1.807, 2.05) is 44.2 Å². The van der Waals surface area contributed by atoms with Crippen LogP contribution >= 0.6 is 0 Å². The Morgan fingerprint density at radius 2 is 1.71 bits per heavy atom. The van der Waals surface area contributed by atoms with Gasteiger partial charge in [-0.25, -0.2) is 4.79 Å². The Labute approximate surface area is 128 Å². The summed E-state index contributed by atoms with van der Waals surface area (Å²) in [6.45, 7) is 10.4. The Balaban J connectivity index is 2.70. The third-order valence-electron chi connectivity index (χ3n) is 3.29. The summed E-state index contributed by atoms with van der Waals surface area (Å²) < 4.78 is 10.8. The number of ether oxygens (including phenoxy) is 2. The van der Waals surface area contributed by atoms with Crippen LogP contribution in [0.3, 0.4) is 0 Å². The van der Waals surface area contributed by atoms with Crippen LogP contribution in [0.4, 0.5) is 0 Å². The smallest absolute Gasteiger partial charge is 0.328 e. The number of carbonyl (C=O) groups excluding carboxylic acids is 1. The second-order valence-electron chi connectivity index (χ2n) is 5.12. The summed E-state index contributed by atoms with van der Waals surface area (Å²) in [4.78, 5) is 14.5. The summed E-state index contributed by atoms with van der Waals surface area (Å²) in [6.07, 6.45) is 0.149. The summed E-state index contributed by atoms with van der Waals surface area (Å²) in [5.41, 5.74) is 0.968. The first-order valence-electron chi connectivity index (χ1n) is 7.67. The van der Waals surface area contributed by atoms with E-state index in [1.165, 1.54) is 0 Å². The molecule has 0 aliphatic heterocycles. The Morgan fingerprint density at radius 1 is 1.10 bits per heavy atom. The van der Waals surface area contributed by atoms with E-state index in [9.17, 15) is 4.79 Å². The molecule has 0 aromatic heterocycles. The highest BCUT2D eigenvalue weighted by molar-refractivity contribution is 5.77. The molecule has 0 bridgehead atoms. The molecule has 0 heterocycles. The second-order valence-corrected chi connectivity index (χ2v) is 5.12. The summed E-state index contributed by atoms with van der Waals surface area (Å²) in [6, 6.07) is 9.43. The maximum atomic E-state index is 12.4. The maximum Gasteiger partial charge on any atom is 0.328 e. The molecule has 0 saturated heterocycles. The minimum Gasteiger partial charge on any atom is -0.462 e. The molecule has 0 aliphatic rings. The van der Waals surface area contributed by atoms with Crippen LogP contribution in [-0.2, 0) is 14.3 Å². The molecule has 0 amide bonds. The average Bonchev–Trinajstić information content (AvgIpc) is 2.49. The van der Waals surface area contributed by atoms with Gasteiger partial charge in [-0.1, -0.05) is 44.2 Å². The zero-order valence-electron chi connectivity index (χ0n) is 13.5. The molecule has 21 heavy (non-hydrogen) atoms. The SMILES string of the molecule is CCN(CC)[C@H](C(=O)OCCOC(C)C)c1ccccc1. The van der Waals surface area contributed by atoms with Gasteiger partial charge in [0.25, 0.3) is 0 Å². The molecule has 1 rings (SSSR count). The largest absolute Gasteiger partial charge is 0.462 e. The van der Waals surface area contributed by atoms with Crippen molar-refractivity contribution in [1.29, 1.82) is 0 Å². The lowest BCUT2D eigenvalue weighted by atomic mass is 10.1. The van der Waals surface area contributed by atoms with E-state index >= 15 is 0 Å². The first kappa shape index (κ1) is 17.7. The number of hydrogen-bond donors (Lipinski definition) is 0. The van der Waals surface area contributed by atoms with Gasteiger partial charge < -0.3 is 9.47 Å². The van der Waals surface area contributed by atoms with E-state index in [0.29, 0.717) is 13.2 Å². The minimum absolute atomic E-state index is 0.149. The van der Waals surface area contributed by atoms with Crippen LogP contribution in [-0.4, -0.2) is 43.3 Å². The van der Waals surface area contributed by atoms with Crippen molar-refractivity contribution in [2.24, 2.45) is 0 Å². The molecule has 4 nitrogen and oxygen atoms in total. The molecule has 0 aliphatic carbocycles. The van der Waals surface area contributed by atoms with Gasteiger partial charge in [-0.05, 0) is 32.5 Å². The van der Waals surface area contributed by atoms with Crippen LogP contribution in [0.1, 0.15) is 39.3 Å². The van der Waals surface area contributed by atoms with Gasteiger partial charge in [0.15, 0.2) is 0 Å². The fourth-order valence-corrected chi connectivity index (χ4v) is 2.23. The van der Waals surface area contributed by atoms with Crippen LogP contribution < -0.4 is 0 Å². The van der Waals surface area contributed by atoms with Gasteiger partial charge in [0.05, 0.1) is 12.7 Å². The lowest BCUT2D eigenvalue weighted by Gasteiger charge is -2.28. The van der Waals surface area contributed by atoms with E-state index in [4.69, 9.17) is 9.47 Å². The molecule has 1 atom stereocenters. The van der Waals surface area contributed by atoms with E-state index in [-0.39, 0.29) is 18.1 Å². The average molecular weight is 293 g/mol. The lowest BCUT2D eigenvalue weighted by molar-refractivity contribution is -0.152. The van der Waals surface area contributed by atoms with Crippen LogP contribution in [0.25, 0.3) is 0 Å². The van der Waals surface area contributed by atoms with Crippen molar-refractivity contribution < 1.29 is 14.3 Å². The van der Waals surface area contributed by atoms with E-state index in [2.05, 4.69) is 18.7 Å². The molecule has 0 spiro atoms. The third-order valence-corrected chi connectivity index (χ3v) is 3.29. The third kappa shape index (κ3) is 5.86. The lowest BCUT2D eigenvalue weighted by Crippen LogP contribution is -2.35. The van der Waals surface area contributed by atoms with Crippen LogP contribution in [0.5, 0.6) is 0 Å². The predicted octanol–water partition coefficient (Wildman–Crippen LogP) is 3.04. The van der Waals surface area contributed by atoms with Crippen LogP contribution in [0.2, 0.25) is 0 Å². The van der Waals surface area contributed by atoms with Gasteiger partial charge in [-0.3, -0.25) is 4.90 Å². The van der Waals surface area contributed by atoms with Crippen molar-refractivity contribution in [3.8, 4) is 0 Å². The van der Waals surface area contributed by atoms with Crippen molar-refractivity contribution in [2.45, 2.75) is 39.8 Å². The predicted molar refractivity (Wildman–Crippen MR) is 84.2 cm³/mol. The monoisotopic (exact) mass is 293 g/mol. The van der Waals surface area contributed by atoms with Gasteiger partial charge in [0, 0.05) is 0 Å². The first-order valence-corrected chi connectivity index (χ1v) is 7.67. The molecule has 0 saturated carbocycles. The second kappa shape index (κ2) is 9.53. The van der Waals surface area contributed by atoms with Gasteiger partial charge in [0.1, 0.15) is 12.6 Å². The standard InChI is InChI=1S/C17H27NO3/c1-5-18(6-2)16(15-10-8-7-9-11-15)17(19)21-13-12-20-14(3)4/h7-11,14,16H,5-6,12-13H2,1-4H3/t16-/m0/s1. The molecule has 118 valence electrons. The normalized spacial score (nSPS) is 12.7. The molecule has 0 unspecified atom stereocenters. The molecular weight excluding hydrogens is 266 g/mol. The van der Waals surface area contributed by atoms with Gasteiger partial charge >= 0.3 is 5.97 Å². The highest BCUT2D eigenvalue weighted by Gasteiger charge is 2.27. The van der Waals surface area contributed by atoms with Crippen LogP contribution in [0, 0.1) is 0 Å². The first-order chi connectivity index (χ1) is 10.1. The van der Waals surface area contributed by atoms with Crippen LogP contribution in [0.15, 0.2) is 30.3 Å². The molecule has 0 fully saturated rings. The number of likely N-dealkylation sites (N-methyl/N-ethyl adjacent to an activating group) is 1. The Bertz CT molecular complexity index is 402. The van der Waals surface area contributed by atoms with Gasteiger partial charge in [-0.15, -0.1) is 0 Å². The topological polar surface area (TPSA) is 38.8 Å². The van der Waals surface area contributed by atoms with Crippen molar-refractivity contribution in [3.63, 3.8) is 0 Å². The number of esters is 1. The molecule has 0 N–H and O–H groups in total. The maximum absolute atomic E-state index is 12.4. The Morgan fingerprint density at radius 3 is 2.24 bits per heavy atom. The minimum atomic E-state index is -0.347. The Kier molecular flexibility index (Phi) is 8.01. The van der Waals surface area contributed by atoms with E-state index in [0.717, 1.165) is 18.7 Å². The molecule has 1 aromatic rings. The zero-order chi connectivity index (χ0) is 15.7. The zero-order valence-corrected chi connectivity index (χ0v) is 13.5. The molecular formula is C17H27NO3. The number of benzene rings is 1. The highest BCUT2D eigenvalue weighted by atomic mass is 16.6. The van der Waals surface area contributed by atoms with Crippen molar-refractivity contribution in [3.05, 3.63) is 35.9 Å². The Hall–Kier alpha value is -1.39. The van der Waals surface area contributed by atoms with Crippen molar-refractivity contribution in [2.75, 3.05) is 26.3 Å².